The predicted molar refractivity (Wildman–Crippen MR) is 100 cm³/mol. The Balaban J connectivity index is 0.00000192. The molecule has 0 amide bonds. The third-order valence-electron chi connectivity index (χ3n) is 4.04. The van der Waals surface area contributed by atoms with E-state index in [9.17, 15) is 0 Å². The van der Waals surface area contributed by atoms with Gasteiger partial charge in [0, 0.05) is 25.9 Å². The number of hydrogen-bond acceptors (Lipinski definition) is 4. The molecule has 1 aromatic carbocycles. The molecule has 0 unspecified atom stereocenters. The van der Waals surface area contributed by atoms with Gasteiger partial charge < -0.3 is 15.2 Å². The highest BCUT2D eigenvalue weighted by Gasteiger charge is 2.43. The first-order valence-electron chi connectivity index (χ1n) is 7.51. The Bertz CT molecular complexity index is 652. The summed E-state index contributed by atoms with van der Waals surface area (Å²) in [6, 6.07) is 10.7. The molecule has 23 heavy (non-hydrogen) atoms. The molecule has 1 heterocycles. The second-order valence-corrected chi connectivity index (χ2v) is 5.66. The van der Waals surface area contributed by atoms with Gasteiger partial charge in [-0.15, -0.1) is 24.0 Å². The molecule has 0 saturated heterocycles. The molecule has 1 fully saturated rings. The zero-order chi connectivity index (χ0) is 15.4. The van der Waals surface area contributed by atoms with E-state index in [4.69, 9.17) is 4.52 Å². The molecule has 1 saturated carbocycles. The first kappa shape index (κ1) is 17.7. The SMILES string of the molecule is CN=C(NCc1noc(C)n1)NCC1(c2ccccc2)CC1.I. The van der Waals surface area contributed by atoms with Crippen LogP contribution in [0.15, 0.2) is 39.8 Å². The second kappa shape index (κ2) is 7.76. The zero-order valence-electron chi connectivity index (χ0n) is 13.4. The molecule has 3 rings (SSSR count). The lowest BCUT2D eigenvalue weighted by Crippen LogP contribution is -2.41. The molecular formula is C16H22IN5O. The monoisotopic (exact) mass is 427 g/mol. The van der Waals surface area contributed by atoms with Crippen molar-refractivity contribution < 1.29 is 4.52 Å². The van der Waals surface area contributed by atoms with Gasteiger partial charge in [0.2, 0.25) is 5.89 Å². The second-order valence-electron chi connectivity index (χ2n) is 5.66. The Morgan fingerprint density at radius 1 is 1.26 bits per heavy atom. The van der Waals surface area contributed by atoms with Crippen LogP contribution < -0.4 is 10.6 Å². The number of nitrogens with one attached hydrogen (secondary N) is 2. The summed E-state index contributed by atoms with van der Waals surface area (Å²) in [6.45, 7) is 3.15. The maximum absolute atomic E-state index is 4.95. The van der Waals surface area contributed by atoms with E-state index < -0.39 is 0 Å². The fourth-order valence-corrected chi connectivity index (χ4v) is 2.56. The number of rotatable bonds is 5. The van der Waals surface area contributed by atoms with Gasteiger partial charge in [-0.3, -0.25) is 4.99 Å². The van der Waals surface area contributed by atoms with E-state index in [0.717, 1.165) is 12.5 Å². The molecule has 0 radical (unpaired) electrons. The summed E-state index contributed by atoms with van der Waals surface area (Å²) >= 11 is 0. The van der Waals surface area contributed by atoms with Crippen LogP contribution in [0, 0.1) is 6.92 Å². The van der Waals surface area contributed by atoms with Crippen LogP contribution in [0.1, 0.15) is 30.1 Å². The summed E-state index contributed by atoms with van der Waals surface area (Å²) < 4.78 is 4.95. The molecule has 1 aliphatic carbocycles. The average Bonchev–Trinajstić information content (AvgIpc) is 3.24. The number of halogens is 1. The van der Waals surface area contributed by atoms with Crippen LogP contribution in [0.3, 0.4) is 0 Å². The van der Waals surface area contributed by atoms with E-state index in [1.54, 1.807) is 14.0 Å². The number of aromatic nitrogens is 2. The number of nitrogens with zero attached hydrogens (tertiary/aromatic N) is 3. The molecule has 6 nitrogen and oxygen atoms in total. The van der Waals surface area contributed by atoms with Gasteiger partial charge >= 0.3 is 0 Å². The smallest absolute Gasteiger partial charge is 0.223 e. The molecule has 1 aromatic heterocycles. The standard InChI is InChI=1S/C16H21N5O.HI/c1-12-20-14(21-22-12)10-18-15(17-2)19-11-16(8-9-16)13-6-4-3-5-7-13;/h3-7H,8-11H2,1-2H3,(H2,17,18,19);1H. The van der Waals surface area contributed by atoms with Gasteiger partial charge in [-0.05, 0) is 18.4 Å². The molecular weight excluding hydrogens is 405 g/mol. The van der Waals surface area contributed by atoms with Crippen LogP contribution in [0.25, 0.3) is 0 Å². The molecule has 0 aliphatic heterocycles. The number of aliphatic imine (C=N–C) groups is 1. The fourth-order valence-electron chi connectivity index (χ4n) is 2.56. The summed E-state index contributed by atoms with van der Waals surface area (Å²) in [5, 5.41) is 10.5. The Morgan fingerprint density at radius 2 is 2.00 bits per heavy atom. The van der Waals surface area contributed by atoms with Crippen LogP contribution in [0.2, 0.25) is 0 Å². The fraction of sp³-hybridized carbons (Fsp3) is 0.438. The maximum Gasteiger partial charge on any atom is 0.223 e. The minimum atomic E-state index is 0. The van der Waals surface area contributed by atoms with Crippen molar-refractivity contribution in [1.29, 1.82) is 0 Å². The Hall–Kier alpha value is -1.64. The summed E-state index contributed by atoms with van der Waals surface area (Å²) in [7, 11) is 1.76. The van der Waals surface area contributed by atoms with Crippen LogP contribution in [0.4, 0.5) is 0 Å². The number of aryl methyl sites for hydroxylation is 1. The summed E-state index contributed by atoms with van der Waals surface area (Å²) in [5.41, 5.74) is 1.65. The molecule has 2 aromatic rings. The first-order valence-corrected chi connectivity index (χ1v) is 7.51. The van der Waals surface area contributed by atoms with Gasteiger partial charge in [0.15, 0.2) is 11.8 Å². The van der Waals surface area contributed by atoms with Crippen LogP contribution in [0.5, 0.6) is 0 Å². The van der Waals surface area contributed by atoms with Crippen LogP contribution >= 0.6 is 24.0 Å². The Kier molecular flexibility index (Phi) is 5.97. The van der Waals surface area contributed by atoms with Gasteiger partial charge in [0.05, 0.1) is 6.54 Å². The zero-order valence-corrected chi connectivity index (χ0v) is 15.7. The van der Waals surface area contributed by atoms with E-state index in [0.29, 0.717) is 18.3 Å². The molecule has 7 heteroatoms. The highest BCUT2D eigenvalue weighted by atomic mass is 127. The average molecular weight is 427 g/mol. The Morgan fingerprint density at radius 3 is 2.57 bits per heavy atom. The Labute approximate surface area is 153 Å². The van der Waals surface area contributed by atoms with Gasteiger partial charge in [-0.1, -0.05) is 35.5 Å². The molecule has 124 valence electrons. The topological polar surface area (TPSA) is 75.3 Å². The molecule has 2 N–H and O–H groups in total. The van der Waals surface area contributed by atoms with E-state index in [1.807, 2.05) is 0 Å². The van der Waals surface area contributed by atoms with Crippen LogP contribution in [-0.4, -0.2) is 29.7 Å². The number of hydrogen-bond donors (Lipinski definition) is 2. The van der Waals surface area contributed by atoms with Crippen molar-refractivity contribution in [1.82, 2.24) is 20.8 Å². The van der Waals surface area contributed by atoms with Gasteiger partial charge in [0.25, 0.3) is 0 Å². The maximum atomic E-state index is 4.95. The third kappa shape index (κ3) is 4.43. The summed E-state index contributed by atoms with van der Waals surface area (Å²) in [6.07, 6.45) is 2.43. The van der Waals surface area contributed by atoms with Crippen molar-refractivity contribution in [3.63, 3.8) is 0 Å². The van der Waals surface area contributed by atoms with Crippen molar-refractivity contribution >= 4 is 29.9 Å². The molecule has 1 aliphatic rings. The summed E-state index contributed by atoms with van der Waals surface area (Å²) in [5.74, 6) is 1.95. The molecule has 0 atom stereocenters. The lowest BCUT2D eigenvalue weighted by atomic mass is 9.96. The lowest BCUT2D eigenvalue weighted by molar-refractivity contribution is 0.386. The quantitative estimate of drug-likeness (QED) is 0.436. The molecule has 0 bridgehead atoms. The third-order valence-corrected chi connectivity index (χ3v) is 4.04. The van der Waals surface area contributed by atoms with Crippen molar-refractivity contribution in [2.75, 3.05) is 13.6 Å². The van der Waals surface area contributed by atoms with Crippen LogP contribution in [-0.2, 0) is 12.0 Å². The van der Waals surface area contributed by atoms with Crippen molar-refractivity contribution in [2.45, 2.75) is 31.7 Å². The summed E-state index contributed by atoms with van der Waals surface area (Å²) in [4.78, 5) is 8.41. The normalized spacial score (nSPS) is 15.7. The minimum absolute atomic E-state index is 0. The lowest BCUT2D eigenvalue weighted by Gasteiger charge is -2.18. The first-order chi connectivity index (χ1) is 10.7. The van der Waals surface area contributed by atoms with E-state index >= 15 is 0 Å². The largest absolute Gasteiger partial charge is 0.356 e. The highest BCUT2D eigenvalue weighted by molar-refractivity contribution is 14.0. The number of guanidine groups is 1. The van der Waals surface area contributed by atoms with Crippen molar-refractivity contribution in [3.05, 3.63) is 47.6 Å². The van der Waals surface area contributed by atoms with E-state index in [2.05, 4.69) is 56.1 Å². The van der Waals surface area contributed by atoms with E-state index in [-0.39, 0.29) is 29.4 Å². The van der Waals surface area contributed by atoms with Gasteiger partial charge in [0.1, 0.15) is 0 Å². The number of benzene rings is 1. The predicted octanol–water partition coefficient (Wildman–Crippen LogP) is 2.39. The van der Waals surface area contributed by atoms with Gasteiger partial charge in [-0.25, -0.2) is 0 Å². The molecule has 0 spiro atoms. The van der Waals surface area contributed by atoms with Crippen molar-refractivity contribution in [3.8, 4) is 0 Å². The van der Waals surface area contributed by atoms with Gasteiger partial charge in [-0.2, -0.15) is 4.98 Å². The minimum Gasteiger partial charge on any atom is -0.356 e. The van der Waals surface area contributed by atoms with E-state index in [1.165, 1.54) is 18.4 Å². The highest BCUT2D eigenvalue weighted by Crippen LogP contribution is 2.47. The van der Waals surface area contributed by atoms with Crippen molar-refractivity contribution in [2.24, 2.45) is 4.99 Å².